The Bertz CT molecular complexity index is 994. The van der Waals surface area contributed by atoms with E-state index in [-0.39, 0.29) is 5.91 Å². The molecule has 3 heterocycles. The van der Waals surface area contributed by atoms with Crippen LogP contribution < -0.4 is 5.32 Å². The van der Waals surface area contributed by atoms with E-state index < -0.39 is 0 Å². The van der Waals surface area contributed by atoms with Crippen molar-refractivity contribution in [3.8, 4) is 11.3 Å². The molecule has 4 aromatic rings. The van der Waals surface area contributed by atoms with Crippen molar-refractivity contribution in [2.24, 2.45) is 0 Å². The largest absolute Gasteiger partial charge is 0.322 e. The molecular weight excluding hydrogens is 388 g/mol. The van der Waals surface area contributed by atoms with Gasteiger partial charge < -0.3 is 5.32 Å². The third kappa shape index (κ3) is 2.95. The van der Waals surface area contributed by atoms with E-state index in [1.54, 1.807) is 23.6 Å². The molecule has 0 bridgehead atoms. The number of nitrogens with zero attached hydrogens (tertiary/aromatic N) is 3. The van der Waals surface area contributed by atoms with Gasteiger partial charge in [0.1, 0.15) is 0 Å². The van der Waals surface area contributed by atoms with Crippen LogP contribution in [0.4, 0.5) is 5.69 Å². The van der Waals surface area contributed by atoms with Crippen LogP contribution in [0.5, 0.6) is 0 Å². The average molecular weight is 399 g/mol. The van der Waals surface area contributed by atoms with Gasteiger partial charge in [0, 0.05) is 45.9 Å². The minimum atomic E-state index is -0.195. The molecule has 0 aliphatic carbocycles. The maximum absolute atomic E-state index is 12.2. The Labute approximate surface area is 150 Å². The van der Waals surface area contributed by atoms with Gasteiger partial charge in [0.15, 0.2) is 4.96 Å². The monoisotopic (exact) mass is 398 g/mol. The number of anilines is 1. The number of halogens is 1. The summed E-state index contributed by atoms with van der Waals surface area (Å²) in [5.74, 6) is -0.195. The van der Waals surface area contributed by atoms with Gasteiger partial charge in [0.2, 0.25) is 0 Å². The average Bonchev–Trinajstić information content (AvgIpc) is 3.17. The fraction of sp³-hybridized carbons (Fsp3) is 0. The third-order valence-corrected chi connectivity index (χ3v) is 4.70. The number of carbonyl (C=O) groups excluding carboxylic acids is 1. The number of amides is 1. The van der Waals surface area contributed by atoms with Crippen molar-refractivity contribution in [3.05, 3.63) is 70.5 Å². The van der Waals surface area contributed by atoms with Crippen molar-refractivity contribution in [2.45, 2.75) is 0 Å². The summed E-state index contributed by atoms with van der Waals surface area (Å²) in [7, 11) is 0. The molecule has 1 N–H and O–H groups in total. The number of hydrogen-bond acceptors (Lipinski definition) is 4. The fourth-order valence-electron chi connectivity index (χ4n) is 2.33. The first kappa shape index (κ1) is 15.0. The Morgan fingerprint density at radius 3 is 2.79 bits per heavy atom. The van der Waals surface area contributed by atoms with E-state index in [4.69, 9.17) is 0 Å². The zero-order valence-electron chi connectivity index (χ0n) is 12.3. The lowest BCUT2D eigenvalue weighted by Crippen LogP contribution is -2.12. The molecule has 1 amide bonds. The molecule has 3 aromatic heterocycles. The summed E-state index contributed by atoms with van der Waals surface area (Å²) in [6.07, 6.45) is 7.15. The number of hydrogen-bond donors (Lipinski definition) is 1. The predicted octanol–water partition coefficient (Wildman–Crippen LogP) is 4.47. The topological polar surface area (TPSA) is 59.3 Å². The molecule has 0 atom stereocenters. The van der Waals surface area contributed by atoms with Crippen molar-refractivity contribution in [1.82, 2.24) is 14.4 Å². The van der Waals surface area contributed by atoms with Crippen molar-refractivity contribution in [2.75, 3.05) is 5.32 Å². The van der Waals surface area contributed by atoms with Gasteiger partial charge in [-0.1, -0.05) is 12.1 Å². The number of aromatic nitrogens is 3. The summed E-state index contributed by atoms with van der Waals surface area (Å²) in [4.78, 5) is 21.8. The maximum atomic E-state index is 12.2. The van der Waals surface area contributed by atoms with Crippen LogP contribution >= 0.6 is 27.3 Å². The molecule has 24 heavy (non-hydrogen) atoms. The zero-order valence-corrected chi connectivity index (χ0v) is 14.7. The molecular formula is C17H11BrN4OS. The second-order valence-corrected chi connectivity index (χ2v) is 6.93. The normalized spacial score (nSPS) is 10.9. The van der Waals surface area contributed by atoms with Crippen molar-refractivity contribution < 1.29 is 4.79 Å². The first-order chi connectivity index (χ1) is 11.7. The van der Waals surface area contributed by atoms with E-state index in [2.05, 4.69) is 31.2 Å². The highest BCUT2D eigenvalue weighted by Gasteiger charge is 2.08. The van der Waals surface area contributed by atoms with Crippen LogP contribution in [0.3, 0.4) is 0 Å². The van der Waals surface area contributed by atoms with Crippen LogP contribution in [-0.4, -0.2) is 20.3 Å². The van der Waals surface area contributed by atoms with Crippen LogP contribution in [0.25, 0.3) is 16.2 Å². The van der Waals surface area contributed by atoms with E-state index in [0.717, 1.165) is 26.4 Å². The second kappa shape index (κ2) is 6.18. The van der Waals surface area contributed by atoms with Gasteiger partial charge in [-0.2, -0.15) is 0 Å². The fourth-order valence-corrected chi connectivity index (χ4v) is 3.40. The summed E-state index contributed by atoms with van der Waals surface area (Å²) < 4.78 is 2.76. The van der Waals surface area contributed by atoms with Crippen LogP contribution in [0.1, 0.15) is 10.4 Å². The summed E-state index contributed by atoms with van der Waals surface area (Å²) in [5.41, 5.74) is 3.15. The van der Waals surface area contributed by atoms with Crippen LogP contribution in [0.15, 0.2) is 65.0 Å². The first-order valence-electron chi connectivity index (χ1n) is 7.13. The minimum absolute atomic E-state index is 0.195. The van der Waals surface area contributed by atoms with Crippen LogP contribution in [0.2, 0.25) is 0 Å². The Hall–Kier alpha value is -2.51. The van der Waals surface area contributed by atoms with Crippen molar-refractivity contribution in [1.29, 1.82) is 0 Å². The molecule has 4 rings (SSSR count). The third-order valence-electron chi connectivity index (χ3n) is 3.50. The molecule has 0 unspecified atom stereocenters. The maximum Gasteiger partial charge on any atom is 0.257 e. The van der Waals surface area contributed by atoms with Gasteiger partial charge in [-0.15, -0.1) is 11.3 Å². The molecule has 0 aliphatic heterocycles. The standard InChI is InChI=1S/C17H11BrN4OS/c18-13-7-12(8-19-9-13)16(23)20-14-3-1-11(2-4-14)15-10-22-5-6-24-17(22)21-15/h1-10H,(H,20,23). The van der Waals surface area contributed by atoms with Gasteiger partial charge in [-0.05, 0) is 34.1 Å². The van der Waals surface area contributed by atoms with E-state index in [1.165, 1.54) is 6.20 Å². The predicted molar refractivity (Wildman–Crippen MR) is 98.4 cm³/mol. The first-order valence-corrected chi connectivity index (χ1v) is 8.81. The number of thiazole rings is 1. The van der Waals surface area contributed by atoms with E-state index >= 15 is 0 Å². The van der Waals surface area contributed by atoms with Crippen LogP contribution in [0, 0.1) is 0 Å². The van der Waals surface area contributed by atoms with Crippen molar-refractivity contribution in [3.63, 3.8) is 0 Å². The van der Waals surface area contributed by atoms with Crippen LogP contribution in [-0.2, 0) is 0 Å². The summed E-state index contributed by atoms with van der Waals surface area (Å²) in [6, 6.07) is 9.36. The highest BCUT2D eigenvalue weighted by molar-refractivity contribution is 9.10. The van der Waals surface area contributed by atoms with Gasteiger partial charge in [0.25, 0.3) is 5.91 Å². The molecule has 0 fully saturated rings. The minimum Gasteiger partial charge on any atom is -0.322 e. The summed E-state index contributed by atoms with van der Waals surface area (Å²) in [5, 5.41) is 4.86. The lowest BCUT2D eigenvalue weighted by molar-refractivity contribution is 0.102. The molecule has 0 saturated heterocycles. The quantitative estimate of drug-likeness (QED) is 0.553. The summed E-state index contributed by atoms with van der Waals surface area (Å²) >= 11 is 4.91. The Balaban J connectivity index is 1.53. The lowest BCUT2D eigenvalue weighted by atomic mass is 10.1. The van der Waals surface area contributed by atoms with Gasteiger partial charge in [-0.25, -0.2) is 4.98 Å². The molecule has 0 saturated carbocycles. The Kier molecular flexibility index (Phi) is 3.87. The number of rotatable bonds is 3. The number of imidazole rings is 1. The van der Waals surface area contributed by atoms with Gasteiger partial charge >= 0.3 is 0 Å². The van der Waals surface area contributed by atoms with Crippen molar-refractivity contribution >= 4 is 43.8 Å². The van der Waals surface area contributed by atoms with Gasteiger partial charge in [-0.3, -0.25) is 14.2 Å². The Morgan fingerprint density at radius 2 is 2.04 bits per heavy atom. The molecule has 5 nitrogen and oxygen atoms in total. The molecule has 118 valence electrons. The SMILES string of the molecule is O=C(Nc1ccc(-c2cn3ccsc3n2)cc1)c1cncc(Br)c1. The number of nitrogens with one attached hydrogen (secondary N) is 1. The number of carbonyl (C=O) groups is 1. The highest BCUT2D eigenvalue weighted by Crippen LogP contribution is 2.23. The molecule has 7 heteroatoms. The number of benzene rings is 1. The second-order valence-electron chi connectivity index (χ2n) is 5.14. The highest BCUT2D eigenvalue weighted by atomic mass is 79.9. The molecule has 0 aliphatic rings. The molecule has 1 aromatic carbocycles. The van der Waals surface area contributed by atoms with E-state index in [9.17, 15) is 4.79 Å². The lowest BCUT2D eigenvalue weighted by Gasteiger charge is -2.06. The Morgan fingerprint density at radius 1 is 1.21 bits per heavy atom. The smallest absolute Gasteiger partial charge is 0.257 e. The summed E-state index contributed by atoms with van der Waals surface area (Å²) in [6.45, 7) is 0. The van der Waals surface area contributed by atoms with E-state index in [1.807, 2.05) is 46.4 Å². The molecule has 0 spiro atoms. The molecule has 0 radical (unpaired) electrons. The van der Waals surface area contributed by atoms with Gasteiger partial charge in [0.05, 0.1) is 11.3 Å². The number of fused-ring (bicyclic) bond motifs is 1. The van der Waals surface area contributed by atoms with E-state index in [0.29, 0.717) is 5.56 Å². The zero-order chi connectivity index (χ0) is 16.5. The number of pyridine rings is 1.